The fourth-order valence-electron chi connectivity index (χ4n) is 1.65. The van der Waals surface area contributed by atoms with Crippen molar-refractivity contribution in [3.05, 3.63) is 36.3 Å². The van der Waals surface area contributed by atoms with Gasteiger partial charge in [-0.25, -0.2) is 9.97 Å². The Hall–Kier alpha value is -2.14. The number of rotatable bonds is 4. The Morgan fingerprint density at radius 3 is 2.56 bits per heavy atom. The number of nitrogens with zero attached hydrogens (tertiary/aromatic N) is 2. The van der Waals surface area contributed by atoms with Gasteiger partial charge in [-0.2, -0.15) is 0 Å². The Kier molecular flexibility index (Phi) is 3.74. The molecule has 1 aromatic carbocycles. The van der Waals surface area contributed by atoms with Crippen LogP contribution in [0.1, 0.15) is 5.82 Å². The summed E-state index contributed by atoms with van der Waals surface area (Å²) < 4.78 is 10.5. The lowest BCUT2D eigenvalue weighted by atomic mass is 10.1. The van der Waals surface area contributed by atoms with Gasteiger partial charge in [0.25, 0.3) is 0 Å². The summed E-state index contributed by atoms with van der Waals surface area (Å²) in [4.78, 5) is 8.43. The summed E-state index contributed by atoms with van der Waals surface area (Å²) >= 11 is 0. The molecule has 0 unspecified atom stereocenters. The molecule has 1 heterocycles. The topological polar surface area (TPSA) is 70.3 Å². The van der Waals surface area contributed by atoms with E-state index in [1.165, 1.54) is 0 Å². The van der Waals surface area contributed by atoms with Crippen LogP contribution < -0.4 is 15.2 Å². The standard InChI is InChI=1S/C13H15N3O2/c1-17-11-4-3-9(7-12(11)18-2)10-5-6-15-13(8-14)16-10/h3-7H,8,14H2,1-2H3. The highest BCUT2D eigenvalue weighted by Gasteiger charge is 2.07. The monoisotopic (exact) mass is 245 g/mol. The molecule has 0 bridgehead atoms. The van der Waals surface area contributed by atoms with Crippen LogP contribution in [0.25, 0.3) is 11.3 Å². The van der Waals surface area contributed by atoms with Crippen LogP contribution >= 0.6 is 0 Å². The first-order chi connectivity index (χ1) is 8.78. The lowest BCUT2D eigenvalue weighted by molar-refractivity contribution is 0.355. The summed E-state index contributed by atoms with van der Waals surface area (Å²) in [6.07, 6.45) is 1.70. The Morgan fingerprint density at radius 2 is 1.89 bits per heavy atom. The van der Waals surface area contributed by atoms with E-state index >= 15 is 0 Å². The maximum absolute atomic E-state index is 5.53. The highest BCUT2D eigenvalue weighted by Crippen LogP contribution is 2.31. The molecule has 0 aliphatic rings. The van der Waals surface area contributed by atoms with Crippen molar-refractivity contribution < 1.29 is 9.47 Å². The molecule has 1 aromatic heterocycles. The first kappa shape index (κ1) is 12.3. The molecule has 2 N–H and O–H groups in total. The van der Waals surface area contributed by atoms with Gasteiger partial charge in [0.2, 0.25) is 0 Å². The number of methoxy groups -OCH3 is 2. The van der Waals surface area contributed by atoms with E-state index in [4.69, 9.17) is 15.2 Å². The van der Waals surface area contributed by atoms with Gasteiger partial charge in [-0.3, -0.25) is 0 Å². The maximum Gasteiger partial charge on any atom is 0.161 e. The smallest absolute Gasteiger partial charge is 0.161 e. The molecule has 0 fully saturated rings. The SMILES string of the molecule is COc1ccc(-c2ccnc(CN)n2)cc1OC. The summed E-state index contributed by atoms with van der Waals surface area (Å²) in [6, 6.07) is 7.48. The zero-order valence-electron chi connectivity index (χ0n) is 10.4. The minimum atomic E-state index is 0.321. The van der Waals surface area contributed by atoms with Crippen LogP contribution in [0, 0.1) is 0 Å². The Morgan fingerprint density at radius 1 is 1.11 bits per heavy atom. The second kappa shape index (κ2) is 5.46. The van der Waals surface area contributed by atoms with Gasteiger partial charge in [0.1, 0.15) is 5.82 Å². The summed E-state index contributed by atoms with van der Waals surface area (Å²) in [5.74, 6) is 1.97. The van der Waals surface area contributed by atoms with E-state index in [-0.39, 0.29) is 0 Å². The molecule has 2 aromatic rings. The lowest BCUT2D eigenvalue weighted by Gasteiger charge is -2.09. The van der Waals surface area contributed by atoms with Gasteiger partial charge in [0, 0.05) is 11.8 Å². The molecule has 0 radical (unpaired) electrons. The second-order valence-corrected chi connectivity index (χ2v) is 3.63. The van der Waals surface area contributed by atoms with Crippen molar-refractivity contribution in [3.63, 3.8) is 0 Å². The van der Waals surface area contributed by atoms with Crippen molar-refractivity contribution in [1.82, 2.24) is 9.97 Å². The summed E-state index contributed by atoms with van der Waals surface area (Å²) in [5.41, 5.74) is 7.28. The Bertz CT molecular complexity index is 544. The first-order valence-corrected chi connectivity index (χ1v) is 5.53. The zero-order valence-corrected chi connectivity index (χ0v) is 10.4. The van der Waals surface area contributed by atoms with Crippen molar-refractivity contribution in [3.8, 4) is 22.8 Å². The van der Waals surface area contributed by atoms with Crippen molar-refractivity contribution in [2.45, 2.75) is 6.54 Å². The second-order valence-electron chi connectivity index (χ2n) is 3.63. The Balaban J connectivity index is 2.43. The third-order valence-electron chi connectivity index (χ3n) is 2.57. The predicted molar refractivity (Wildman–Crippen MR) is 68.5 cm³/mol. The highest BCUT2D eigenvalue weighted by molar-refractivity contribution is 5.63. The minimum absolute atomic E-state index is 0.321. The fraction of sp³-hybridized carbons (Fsp3) is 0.231. The molecular formula is C13H15N3O2. The lowest BCUT2D eigenvalue weighted by Crippen LogP contribution is -2.03. The van der Waals surface area contributed by atoms with Crippen molar-refractivity contribution in [1.29, 1.82) is 0 Å². The van der Waals surface area contributed by atoms with E-state index in [0.717, 1.165) is 11.3 Å². The number of hydrogen-bond donors (Lipinski definition) is 1. The maximum atomic E-state index is 5.53. The van der Waals surface area contributed by atoms with Crippen LogP contribution in [0.3, 0.4) is 0 Å². The van der Waals surface area contributed by atoms with Crippen LogP contribution in [0.15, 0.2) is 30.5 Å². The molecule has 94 valence electrons. The summed E-state index contributed by atoms with van der Waals surface area (Å²) in [6.45, 7) is 0.321. The molecule has 0 spiro atoms. The largest absolute Gasteiger partial charge is 0.493 e. The van der Waals surface area contributed by atoms with E-state index in [2.05, 4.69) is 9.97 Å². The van der Waals surface area contributed by atoms with Crippen LogP contribution in [0.2, 0.25) is 0 Å². The summed E-state index contributed by atoms with van der Waals surface area (Å²) in [5, 5.41) is 0. The van der Waals surface area contributed by atoms with E-state index in [1.54, 1.807) is 20.4 Å². The van der Waals surface area contributed by atoms with Gasteiger partial charge in [-0.15, -0.1) is 0 Å². The predicted octanol–water partition coefficient (Wildman–Crippen LogP) is 1.62. The van der Waals surface area contributed by atoms with E-state index in [0.29, 0.717) is 23.9 Å². The van der Waals surface area contributed by atoms with Crippen molar-refractivity contribution >= 4 is 0 Å². The average molecular weight is 245 g/mol. The van der Waals surface area contributed by atoms with Gasteiger partial charge in [0.05, 0.1) is 26.5 Å². The number of benzene rings is 1. The molecule has 18 heavy (non-hydrogen) atoms. The molecular weight excluding hydrogens is 230 g/mol. The van der Waals surface area contributed by atoms with Crippen LogP contribution in [0.5, 0.6) is 11.5 Å². The van der Waals surface area contributed by atoms with Crippen LogP contribution in [-0.2, 0) is 6.54 Å². The van der Waals surface area contributed by atoms with Gasteiger partial charge >= 0.3 is 0 Å². The third-order valence-corrected chi connectivity index (χ3v) is 2.57. The molecule has 0 saturated carbocycles. The molecule has 5 nitrogen and oxygen atoms in total. The molecule has 5 heteroatoms. The molecule has 2 rings (SSSR count). The summed E-state index contributed by atoms with van der Waals surface area (Å²) in [7, 11) is 3.21. The fourth-order valence-corrected chi connectivity index (χ4v) is 1.65. The van der Waals surface area contributed by atoms with Gasteiger partial charge in [-0.05, 0) is 24.3 Å². The quantitative estimate of drug-likeness (QED) is 0.886. The molecule has 0 aliphatic heterocycles. The van der Waals surface area contributed by atoms with Gasteiger partial charge in [0.15, 0.2) is 11.5 Å². The van der Waals surface area contributed by atoms with Gasteiger partial charge in [-0.1, -0.05) is 0 Å². The molecule has 0 aliphatic carbocycles. The number of hydrogen-bond acceptors (Lipinski definition) is 5. The highest BCUT2D eigenvalue weighted by atomic mass is 16.5. The Labute approximate surface area is 106 Å². The molecule has 0 saturated heterocycles. The zero-order chi connectivity index (χ0) is 13.0. The number of aromatic nitrogens is 2. The molecule has 0 atom stereocenters. The van der Waals surface area contributed by atoms with E-state index < -0.39 is 0 Å². The normalized spacial score (nSPS) is 10.2. The number of nitrogens with two attached hydrogens (primary N) is 1. The minimum Gasteiger partial charge on any atom is -0.493 e. The van der Waals surface area contributed by atoms with Crippen molar-refractivity contribution in [2.24, 2.45) is 5.73 Å². The molecule has 0 amide bonds. The first-order valence-electron chi connectivity index (χ1n) is 5.53. The van der Waals surface area contributed by atoms with E-state index in [1.807, 2.05) is 24.3 Å². The number of ether oxygens (including phenoxy) is 2. The average Bonchev–Trinajstić information content (AvgIpc) is 2.46. The van der Waals surface area contributed by atoms with E-state index in [9.17, 15) is 0 Å². The van der Waals surface area contributed by atoms with Gasteiger partial charge < -0.3 is 15.2 Å². The van der Waals surface area contributed by atoms with Crippen LogP contribution in [0.4, 0.5) is 0 Å². The van der Waals surface area contributed by atoms with Crippen molar-refractivity contribution in [2.75, 3.05) is 14.2 Å². The van der Waals surface area contributed by atoms with Crippen LogP contribution in [-0.4, -0.2) is 24.2 Å². The third kappa shape index (κ3) is 2.41.